The van der Waals surface area contributed by atoms with E-state index in [0.717, 1.165) is 6.54 Å². The molecular weight excluding hydrogens is 310 g/mol. The van der Waals surface area contributed by atoms with Gasteiger partial charge in [0.2, 0.25) is 5.88 Å². The number of ether oxygens (including phenoxy) is 1. The highest BCUT2D eigenvalue weighted by atomic mass is 32.1. The number of hydrogen-bond acceptors (Lipinski definition) is 5. The molecule has 1 atom stereocenters. The quantitative estimate of drug-likeness (QED) is 0.937. The third-order valence-corrected chi connectivity index (χ3v) is 5.54. The Balaban J connectivity index is 1.39. The summed E-state index contributed by atoms with van der Waals surface area (Å²) in [6.45, 7) is 3.34. The zero-order chi connectivity index (χ0) is 15.6. The maximum atomic E-state index is 12.5. The van der Waals surface area contributed by atoms with Gasteiger partial charge in [-0.2, -0.15) is 0 Å². The maximum Gasteiger partial charge on any atom is 0.261 e. The van der Waals surface area contributed by atoms with Crippen molar-refractivity contribution < 1.29 is 9.53 Å². The van der Waals surface area contributed by atoms with Crippen LogP contribution in [0.3, 0.4) is 0 Å². The van der Waals surface area contributed by atoms with Crippen LogP contribution < -0.4 is 10.1 Å². The van der Waals surface area contributed by atoms with Crippen molar-refractivity contribution in [3.05, 3.63) is 40.7 Å². The lowest BCUT2D eigenvalue weighted by Gasteiger charge is -2.44. The van der Waals surface area contributed by atoms with Gasteiger partial charge >= 0.3 is 0 Å². The lowest BCUT2D eigenvalue weighted by Crippen LogP contribution is -2.57. The lowest BCUT2D eigenvalue weighted by atomic mass is 9.84. The number of thiophene rings is 1. The summed E-state index contributed by atoms with van der Waals surface area (Å²) in [5.41, 5.74) is 0. The van der Waals surface area contributed by atoms with Crippen molar-refractivity contribution in [1.82, 2.24) is 15.2 Å². The molecule has 3 aliphatic heterocycles. The Morgan fingerprint density at radius 1 is 1.35 bits per heavy atom. The van der Waals surface area contributed by atoms with E-state index in [2.05, 4.69) is 15.2 Å². The van der Waals surface area contributed by atoms with E-state index in [1.54, 1.807) is 18.3 Å². The van der Waals surface area contributed by atoms with Gasteiger partial charge in [0.1, 0.15) is 5.75 Å². The SMILES string of the molecule is O=C(N[C@H]1CN2CCC1CC2)c1cc(Oc2ccccn2)cs1. The number of aromatic nitrogens is 1. The molecule has 3 aliphatic rings. The van der Waals surface area contributed by atoms with Crippen LogP contribution in [0, 0.1) is 5.92 Å². The standard InChI is InChI=1S/C17H19N3O2S/c21-17(19-14-10-20-7-4-12(14)5-8-20)15-9-13(11-23-15)22-16-3-1-2-6-18-16/h1-3,6,9,11-12,14H,4-5,7-8,10H2,(H,19,21)/t14-/m0/s1. The van der Waals surface area contributed by atoms with E-state index in [4.69, 9.17) is 4.74 Å². The number of hydrogen-bond donors (Lipinski definition) is 1. The molecule has 1 amide bonds. The minimum atomic E-state index is 0.00428. The van der Waals surface area contributed by atoms with Gasteiger partial charge in [-0.25, -0.2) is 4.98 Å². The Bertz CT molecular complexity index is 680. The topological polar surface area (TPSA) is 54.5 Å². The van der Waals surface area contributed by atoms with Gasteiger partial charge in [-0.1, -0.05) is 6.07 Å². The molecule has 2 bridgehead atoms. The monoisotopic (exact) mass is 329 g/mol. The van der Waals surface area contributed by atoms with Crippen molar-refractivity contribution in [1.29, 1.82) is 0 Å². The van der Waals surface area contributed by atoms with Crippen molar-refractivity contribution in [2.24, 2.45) is 5.92 Å². The third-order valence-electron chi connectivity index (χ3n) is 4.63. The minimum absolute atomic E-state index is 0.00428. The molecule has 0 radical (unpaired) electrons. The van der Waals surface area contributed by atoms with Gasteiger partial charge in [0.05, 0.1) is 4.88 Å². The average molecular weight is 329 g/mol. The summed E-state index contributed by atoms with van der Waals surface area (Å²) in [5, 5.41) is 5.05. The number of piperidine rings is 3. The van der Waals surface area contributed by atoms with Gasteiger partial charge in [0.25, 0.3) is 5.91 Å². The molecule has 5 rings (SSSR count). The molecule has 1 N–H and O–H groups in total. The molecule has 2 aromatic rings. The van der Waals surface area contributed by atoms with E-state index in [0.29, 0.717) is 22.4 Å². The van der Waals surface area contributed by atoms with Crippen molar-refractivity contribution in [2.75, 3.05) is 19.6 Å². The number of nitrogens with one attached hydrogen (secondary N) is 1. The largest absolute Gasteiger partial charge is 0.438 e. The first-order valence-electron chi connectivity index (χ1n) is 7.98. The number of fused-ring (bicyclic) bond motifs is 3. The van der Waals surface area contributed by atoms with Crippen LogP contribution >= 0.6 is 11.3 Å². The van der Waals surface area contributed by atoms with E-state index in [1.807, 2.05) is 17.5 Å². The number of rotatable bonds is 4. The number of nitrogens with zero attached hydrogens (tertiary/aromatic N) is 2. The molecule has 2 aromatic heterocycles. The van der Waals surface area contributed by atoms with Crippen LogP contribution in [0.2, 0.25) is 0 Å². The van der Waals surface area contributed by atoms with Gasteiger partial charge in [-0.05, 0) is 37.9 Å². The minimum Gasteiger partial charge on any atom is -0.438 e. The highest BCUT2D eigenvalue weighted by Crippen LogP contribution is 2.29. The number of carbonyl (C=O) groups is 1. The molecule has 0 spiro atoms. The highest BCUT2D eigenvalue weighted by Gasteiger charge is 2.35. The summed E-state index contributed by atoms with van der Waals surface area (Å²) in [7, 11) is 0. The fourth-order valence-corrected chi connectivity index (χ4v) is 4.10. The Hall–Kier alpha value is -1.92. The Morgan fingerprint density at radius 2 is 2.22 bits per heavy atom. The smallest absolute Gasteiger partial charge is 0.261 e. The van der Waals surface area contributed by atoms with Crippen LogP contribution in [-0.2, 0) is 0 Å². The summed E-state index contributed by atoms with van der Waals surface area (Å²) >= 11 is 1.41. The van der Waals surface area contributed by atoms with E-state index in [9.17, 15) is 4.79 Å². The average Bonchev–Trinajstić information content (AvgIpc) is 3.05. The lowest BCUT2D eigenvalue weighted by molar-refractivity contribution is 0.0622. The van der Waals surface area contributed by atoms with Crippen LogP contribution in [-0.4, -0.2) is 41.5 Å². The van der Waals surface area contributed by atoms with Crippen molar-refractivity contribution in [3.63, 3.8) is 0 Å². The number of amides is 1. The van der Waals surface area contributed by atoms with Crippen molar-refractivity contribution >= 4 is 17.2 Å². The van der Waals surface area contributed by atoms with Gasteiger partial charge in [-0.3, -0.25) is 4.79 Å². The molecule has 23 heavy (non-hydrogen) atoms. The van der Waals surface area contributed by atoms with Crippen molar-refractivity contribution in [3.8, 4) is 11.6 Å². The van der Waals surface area contributed by atoms with Gasteiger partial charge in [0, 0.05) is 36.3 Å². The summed E-state index contributed by atoms with van der Waals surface area (Å²) in [6.07, 6.45) is 4.08. The molecule has 0 aliphatic carbocycles. The zero-order valence-corrected chi connectivity index (χ0v) is 13.6. The summed E-state index contributed by atoms with van der Waals surface area (Å²) in [5.74, 6) is 1.83. The molecule has 6 heteroatoms. The van der Waals surface area contributed by atoms with Crippen LogP contribution in [0.25, 0.3) is 0 Å². The first-order chi connectivity index (χ1) is 11.3. The molecular formula is C17H19N3O2S. The molecule has 3 saturated heterocycles. The summed E-state index contributed by atoms with van der Waals surface area (Å²) in [4.78, 5) is 19.7. The summed E-state index contributed by atoms with van der Waals surface area (Å²) in [6, 6.07) is 7.58. The van der Waals surface area contributed by atoms with Crippen LogP contribution in [0.15, 0.2) is 35.8 Å². The second-order valence-electron chi connectivity index (χ2n) is 6.13. The molecule has 5 nitrogen and oxygen atoms in total. The van der Waals surface area contributed by atoms with Gasteiger partial charge < -0.3 is 15.0 Å². The molecule has 120 valence electrons. The number of carbonyl (C=O) groups excluding carboxylic acids is 1. The van der Waals surface area contributed by atoms with Gasteiger partial charge in [-0.15, -0.1) is 11.3 Å². The first kappa shape index (κ1) is 14.7. The molecule has 3 fully saturated rings. The normalized spacial score (nSPS) is 26.0. The number of pyridine rings is 1. The van der Waals surface area contributed by atoms with Crippen LogP contribution in [0.5, 0.6) is 11.6 Å². The van der Waals surface area contributed by atoms with E-state index >= 15 is 0 Å². The molecule has 5 heterocycles. The van der Waals surface area contributed by atoms with Gasteiger partial charge in [0.15, 0.2) is 0 Å². The maximum absolute atomic E-state index is 12.5. The summed E-state index contributed by atoms with van der Waals surface area (Å²) < 4.78 is 5.66. The fourth-order valence-electron chi connectivity index (χ4n) is 3.39. The van der Waals surface area contributed by atoms with E-state index in [1.165, 1.54) is 37.3 Å². The Kier molecular flexibility index (Phi) is 4.01. The Morgan fingerprint density at radius 3 is 2.91 bits per heavy atom. The second kappa shape index (κ2) is 6.29. The first-order valence-corrected chi connectivity index (χ1v) is 8.86. The van der Waals surface area contributed by atoms with Crippen molar-refractivity contribution in [2.45, 2.75) is 18.9 Å². The van der Waals surface area contributed by atoms with Crippen LogP contribution in [0.4, 0.5) is 0 Å². The molecule has 0 aromatic carbocycles. The molecule has 0 unspecified atom stereocenters. The third kappa shape index (κ3) is 3.23. The van der Waals surface area contributed by atoms with E-state index < -0.39 is 0 Å². The highest BCUT2D eigenvalue weighted by molar-refractivity contribution is 7.12. The van der Waals surface area contributed by atoms with E-state index in [-0.39, 0.29) is 11.9 Å². The molecule has 0 saturated carbocycles. The predicted octanol–water partition coefficient (Wildman–Crippen LogP) is 2.76. The predicted molar refractivity (Wildman–Crippen MR) is 89.0 cm³/mol. The fraction of sp³-hybridized carbons (Fsp3) is 0.412. The van der Waals surface area contributed by atoms with Crippen LogP contribution in [0.1, 0.15) is 22.5 Å². The second-order valence-corrected chi connectivity index (χ2v) is 7.05. The zero-order valence-electron chi connectivity index (χ0n) is 12.8. The Labute approximate surface area is 139 Å².